The van der Waals surface area contributed by atoms with Crippen LogP contribution >= 0.6 is 15.9 Å². The molecule has 1 heterocycles. The molecule has 3 aromatic rings. The number of nitrogens with one attached hydrogen (secondary N) is 1. The van der Waals surface area contributed by atoms with Crippen LogP contribution in [0.15, 0.2) is 53.0 Å². The number of benzene rings is 2. The summed E-state index contributed by atoms with van der Waals surface area (Å²) in [4.78, 5) is 14.9. The van der Waals surface area contributed by atoms with E-state index in [2.05, 4.69) is 44.5 Å². The number of hydrogen-bond acceptors (Lipinski definition) is 2. The van der Waals surface area contributed by atoms with Gasteiger partial charge in [0.1, 0.15) is 5.82 Å². The Morgan fingerprint density at radius 2 is 1.93 bits per heavy atom. The topological polar surface area (TPSA) is 50.2 Å². The number of anilines is 1. The van der Waals surface area contributed by atoms with Crippen LogP contribution in [-0.4, -0.2) is 27.8 Å². The molecule has 1 aromatic heterocycles. The molecule has 0 bridgehead atoms. The summed E-state index contributed by atoms with van der Waals surface area (Å²) in [6.45, 7) is 1.96. The second-order valence-electron chi connectivity index (χ2n) is 7.23. The molecule has 4 rings (SSSR count). The van der Waals surface area contributed by atoms with E-state index in [1.807, 2.05) is 51.4 Å². The lowest BCUT2D eigenvalue weighted by atomic mass is 10.1. The van der Waals surface area contributed by atoms with Gasteiger partial charge >= 0.3 is 6.03 Å². The predicted molar refractivity (Wildman–Crippen MR) is 115 cm³/mol. The highest BCUT2D eigenvalue weighted by Gasteiger charge is 2.29. The molecular formula is C22H23BrN4O. The van der Waals surface area contributed by atoms with Gasteiger partial charge in [0, 0.05) is 24.1 Å². The lowest BCUT2D eigenvalue weighted by Gasteiger charge is -2.26. The number of nitrogens with zero attached hydrogens (tertiary/aromatic N) is 3. The van der Waals surface area contributed by atoms with E-state index in [1.54, 1.807) is 9.58 Å². The highest BCUT2D eigenvalue weighted by molar-refractivity contribution is 9.10. The van der Waals surface area contributed by atoms with Crippen molar-refractivity contribution in [1.29, 1.82) is 0 Å². The summed E-state index contributed by atoms with van der Waals surface area (Å²) in [7, 11) is 3.72. The fourth-order valence-corrected chi connectivity index (χ4v) is 4.30. The van der Waals surface area contributed by atoms with Crippen LogP contribution in [0.2, 0.25) is 0 Å². The number of aromatic nitrogens is 2. The van der Waals surface area contributed by atoms with Crippen molar-refractivity contribution in [1.82, 2.24) is 14.7 Å². The van der Waals surface area contributed by atoms with Crippen molar-refractivity contribution in [2.45, 2.75) is 25.8 Å². The first-order chi connectivity index (χ1) is 13.5. The van der Waals surface area contributed by atoms with Gasteiger partial charge in [0.15, 0.2) is 0 Å². The minimum Gasteiger partial charge on any atom is -0.320 e. The minimum atomic E-state index is -0.122. The van der Waals surface area contributed by atoms with E-state index in [0.29, 0.717) is 5.82 Å². The number of aryl methyl sites for hydroxylation is 3. The van der Waals surface area contributed by atoms with Crippen LogP contribution in [0, 0.1) is 6.92 Å². The molecule has 1 atom stereocenters. The van der Waals surface area contributed by atoms with Crippen molar-refractivity contribution < 1.29 is 4.79 Å². The third-order valence-corrected chi connectivity index (χ3v) is 6.00. The lowest BCUT2D eigenvalue weighted by molar-refractivity contribution is 0.204. The molecule has 0 saturated carbocycles. The molecule has 1 aliphatic rings. The van der Waals surface area contributed by atoms with Gasteiger partial charge in [-0.05, 0) is 48.6 Å². The summed E-state index contributed by atoms with van der Waals surface area (Å²) in [5.41, 5.74) is 5.43. The van der Waals surface area contributed by atoms with E-state index in [-0.39, 0.29) is 12.1 Å². The van der Waals surface area contributed by atoms with E-state index in [9.17, 15) is 4.79 Å². The van der Waals surface area contributed by atoms with Crippen LogP contribution in [0.25, 0.3) is 11.1 Å². The normalized spacial score (nSPS) is 15.4. The second kappa shape index (κ2) is 7.43. The highest BCUT2D eigenvalue weighted by atomic mass is 79.9. The standard InChI is InChI=1S/C22H23BrN4O/c1-14-20(16-8-11-17(23)12-9-16)21(27(3)25-14)24-22(28)26(2)19-13-10-15-6-4-5-7-18(15)19/h4-9,11-12,19H,10,13H2,1-3H3,(H,24,28)/t19-/m1/s1. The molecule has 0 aliphatic heterocycles. The Bertz CT molecular complexity index is 1030. The van der Waals surface area contributed by atoms with Crippen LogP contribution in [0.3, 0.4) is 0 Å². The largest absolute Gasteiger partial charge is 0.323 e. The fraction of sp³-hybridized carbons (Fsp3) is 0.273. The van der Waals surface area contributed by atoms with Gasteiger partial charge in [-0.15, -0.1) is 0 Å². The maximum atomic E-state index is 13.1. The number of amides is 2. The van der Waals surface area contributed by atoms with E-state index < -0.39 is 0 Å². The Balaban J connectivity index is 1.61. The average Bonchev–Trinajstić information content (AvgIpc) is 3.23. The number of carbonyl (C=O) groups excluding carboxylic acids is 1. The van der Waals surface area contributed by atoms with Crippen LogP contribution < -0.4 is 5.32 Å². The molecule has 144 valence electrons. The van der Waals surface area contributed by atoms with E-state index in [1.165, 1.54) is 11.1 Å². The predicted octanol–water partition coefficient (Wildman–Crippen LogP) is 5.31. The first-order valence-corrected chi connectivity index (χ1v) is 10.2. The first kappa shape index (κ1) is 18.7. The number of hydrogen-bond donors (Lipinski definition) is 1. The summed E-state index contributed by atoms with van der Waals surface area (Å²) in [5.74, 6) is 0.711. The van der Waals surface area contributed by atoms with Crippen LogP contribution in [-0.2, 0) is 13.5 Å². The lowest BCUT2D eigenvalue weighted by Crippen LogP contribution is -2.34. The molecule has 1 aliphatic carbocycles. The van der Waals surface area contributed by atoms with Crippen LogP contribution in [0.5, 0.6) is 0 Å². The maximum Gasteiger partial charge on any atom is 0.323 e. The van der Waals surface area contributed by atoms with Gasteiger partial charge in [-0.1, -0.05) is 52.3 Å². The zero-order chi connectivity index (χ0) is 19.8. The number of rotatable bonds is 3. The molecule has 0 radical (unpaired) electrons. The number of fused-ring (bicyclic) bond motifs is 1. The van der Waals surface area contributed by atoms with Gasteiger partial charge in [-0.3, -0.25) is 10.00 Å². The molecule has 5 nitrogen and oxygen atoms in total. The maximum absolute atomic E-state index is 13.1. The zero-order valence-corrected chi connectivity index (χ0v) is 17.8. The molecule has 2 amide bonds. The Kier molecular flexibility index (Phi) is 4.98. The number of halogens is 1. The average molecular weight is 439 g/mol. The Morgan fingerprint density at radius 1 is 1.21 bits per heavy atom. The summed E-state index contributed by atoms with van der Waals surface area (Å²) >= 11 is 3.47. The van der Waals surface area contributed by atoms with Gasteiger partial charge in [0.25, 0.3) is 0 Å². The molecule has 1 N–H and O–H groups in total. The van der Waals surface area contributed by atoms with Crippen molar-refractivity contribution in [2.24, 2.45) is 7.05 Å². The molecule has 0 saturated heterocycles. The number of carbonyl (C=O) groups is 1. The van der Waals surface area contributed by atoms with Crippen molar-refractivity contribution in [3.8, 4) is 11.1 Å². The summed E-state index contributed by atoms with van der Waals surface area (Å²) < 4.78 is 2.75. The number of urea groups is 1. The summed E-state index contributed by atoms with van der Waals surface area (Å²) in [6.07, 6.45) is 1.96. The molecule has 0 fully saturated rings. The molecule has 0 spiro atoms. The summed E-state index contributed by atoms with van der Waals surface area (Å²) in [5, 5.41) is 7.62. The van der Waals surface area contributed by atoms with Crippen LogP contribution in [0.4, 0.5) is 10.6 Å². The van der Waals surface area contributed by atoms with Crippen LogP contribution in [0.1, 0.15) is 29.3 Å². The van der Waals surface area contributed by atoms with Crippen molar-refractivity contribution >= 4 is 27.8 Å². The van der Waals surface area contributed by atoms with Gasteiger partial charge in [0.05, 0.1) is 11.7 Å². The smallest absolute Gasteiger partial charge is 0.320 e. The quantitative estimate of drug-likeness (QED) is 0.602. The SMILES string of the molecule is Cc1nn(C)c(NC(=O)N(C)[C@@H]2CCc3ccccc32)c1-c1ccc(Br)cc1. The van der Waals surface area contributed by atoms with E-state index in [4.69, 9.17) is 0 Å². The van der Waals surface area contributed by atoms with Crippen molar-refractivity contribution in [3.63, 3.8) is 0 Å². The Morgan fingerprint density at radius 3 is 2.68 bits per heavy atom. The molecule has 2 aromatic carbocycles. The Labute approximate surface area is 173 Å². The first-order valence-electron chi connectivity index (χ1n) is 9.37. The van der Waals surface area contributed by atoms with E-state index in [0.717, 1.165) is 34.1 Å². The molecular weight excluding hydrogens is 416 g/mol. The highest BCUT2D eigenvalue weighted by Crippen LogP contribution is 2.36. The van der Waals surface area contributed by atoms with Gasteiger partial charge < -0.3 is 4.90 Å². The molecule has 0 unspecified atom stereocenters. The fourth-order valence-electron chi connectivity index (χ4n) is 4.03. The van der Waals surface area contributed by atoms with Gasteiger partial charge in [0.2, 0.25) is 0 Å². The third kappa shape index (κ3) is 3.33. The summed E-state index contributed by atoms with van der Waals surface area (Å²) in [6, 6.07) is 16.4. The zero-order valence-electron chi connectivity index (χ0n) is 16.2. The van der Waals surface area contributed by atoms with Gasteiger partial charge in [-0.2, -0.15) is 5.10 Å². The van der Waals surface area contributed by atoms with E-state index >= 15 is 0 Å². The second-order valence-corrected chi connectivity index (χ2v) is 8.15. The molecule has 28 heavy (non-hydrogen) atoms. The van der Waals surface area contributed by atoms with Gasteiger partial charge in [-0.25, -0.2) is 4.79 Å². The minimum absolute atomic E-state index is 0.0988. The molecule has 6 heteroatoms. The Hall–Kier alpha value is -2.60. The van der Waals surface area contributed by atoms with Crippen molar-refractivity contribution in [3.05, 3.63) is 69.8 Å². The van der Waals surface area contributed by atoms with Crippen molar-refractivity contribution in [2.75, 3.05) is 12.4 Å². The monoisotopic (exact) mass is 438 g/mol. The third-order valence-electron chi connectivity index (χ3n) is 5.47.